The lowest BCUT2D eigenvalue weighted by atomic mass is 10.0. The van der Waals surface area contributed by atoms with Gasteiger partial charge in [0.05, 0.1) is 6.61 Å². The highest BCUT2D eigenvalue weighted by molar-refractivity contribution is 5.81. The molecule has 0 bridgehead atoms. The fourth-order valence-electron chi connectivity index (χ4n) is 2.46. The number of likely N-dealkylation sites (tertiary alicyclic amines) is 1. The molecule has 1 aliphatic carbocycles. The van der Waals surface area contributed by atoms with Gasteiger partial charge in [0.15, 0.2) is 0 Å². The molecule has 1 heterocycles. The molecule has 0 unspecified atom stereocenters. The summed E-state index contributed by atoms with van der Waals surface area (Å²) in [5.41, 5.74) is 0. The molecule has 0 aromatic rings. The molecule has 0 radical (unpaired) electrons. The minimum atomic E-state index is -0.233. The van der Waals surface area contributed by atoms with Gasteiger partial charge in [-0.05, 0) is 58.2 Å². The van der Waals surface area contributed by atoms with Gasteiger partial charge in [-0.3, -0.25) is 4.90 Å². The Labute approximate surface area is 116 Å². The van der Waals surface area contributed by atoms with Crippen molar-refractivity contribution in [2.24, 2.45) is 5.92 Å². The average Bonchev–Trinajstić information content (AvgIpc) is 3.22. The van der Waals surface area contributed by atoms with Crippen molar-refractivity contribution in [3.05, 3.63) is 12.2 Å². The van der Waals surface area contributed by atoms with Gasteiger partial charge < -0.3 is 10.1 Å². The molecule has 1 saturated carbocycles. The van der Waals surface area contributed by atoms with Crippen molar-refractivity contribution in [2.75, 3.05) is 32.8 Å². The molecule has 1 aliphatic heterocycles. The second-order valence-corrected chi connectivity index (χ2v) is 5.58. The van der Waals surface area contributed by atoms with Gasteiger partial charge in [-0.1, -0.05) is 6.08 Å². The van der Waals surface area contributed by atoms with Crippen molar-refractivity contribution >= 4 is 5.97 Å². The van der Waals surface area contributed by atoms with Crippen LogP contribution >= 0.6 is 0 Å². The molecule has 2 aliphatic rings. The molecule has 2 rings (SSSR count). The predicted octanol–water partition coefficient (Wildman–Crippen LogP) is 1.57. The van der Waals surface area contributed by atoms with Crippen molar-refractivity contribution in [2.45, 2.75) is 38.6 Å². The second kappa shape index (κ2) is 7.65. The van der Waals surface area contributed by atoms with Crippen LogP contribution in [0.3, 0.4) is 0 Å². The molecule has 1 N–H and O–H groups in total. The van der Waals surface area contributed by atoms with Crippen LogP contribution in [-0.2, 0) is 9.53 Å². The summed E-state index contributed by atoms with van der Waals surface area (Å²) in [7, 11) is 0. The first-order valence-corrected chi connectivity index (χ1v) is 7.57. The molecule has 0 amide bonds. The van der Waals surface area contributed by atoms with E-state index in [4.69, 9.17) is 4.74 Å². The summed E-state index contributed by atoms with van der Waals surface area (Å²) >= 11 is 0. The van der Waals surface area contributed by atoms with Crippen molar-refractivity contribution in [1.29, 1.82) is 0 Å². The summed E-state index contributed by atoms with van der Waals surface area (Å²) in [5, 5.41) is 3.68. The molecule has 4 nitrogen and oxygen atoms in total. The molecule has 0 aromatic carbocycles. The summed E-state index contributed by atoms with van der Waals surface area (Å²) < 4.78 is 4.85. The van der Waals surface area contributed by atoms with Crippen LogP contribution < -0.4 is 5.32 Å². The highest BCUT2D eigenvalue weighted by Gasteiger charge is 2.24. The zero-order valence-electron chi connectivity index (χ0n) is 11.9. The van der Waals surface area contributed by atoms with E-state index in [9.17, 15) is 4.79 Å². The van der Waals surface area contributed by atoms with E-state index in [1.54, 1.807) is 6.08 Å². The number of carbonyl (C=O) groups is 1. The number of hydrogen-bond acceptors (Lipinski definition) is 4. The third-order valence-corrected chi connectivity index (χ3v) is 3.88. The minimum Gasteiger partial charge on any atom is -0.463 e. The monoisotopic (exact) mass is 266 g/mol. The number of esters is 1. The van der Waals surface area contributed by atoms with E-state index in [2.05, 4.69) is 10.2 Å². The number of nitrogens with one attached hydrogen (secondary N) is 1. The Balaban J connectivity index is 1.56. The van der Waals surface area contributed by atoms with E-state index in [1.165, 1.54) is 32.2 Å². The topological polar surface area (TPSA) is 41.6 Å². The summed E-state index contributed by atoms with van der Waals surface area (Å²) in [6, 6.07) is 0.700. The lowest BCUT2D eigenvalue weighted by molar-refractivity contribution is -0.137. The third-order valence-electron chi connectivity index (χ3n) is 3.88. The number of ether oxygens (including phenoxy) is 1. The standard InChI is InChI=1S/C15H26N2O2/c1-2-19-15(18)4-3-9-17-10-7-14(8-11-17)16-12-13-5-6-13/h3-4,13-14,16H,2,5-12H2,1H3/b4-3+. The van der Waals surface area contributed by atoms with Gasteiger partial charge in [-0.15, -0.1) is 0 Å². The summed E-state index contributed by atoms with van der Waals surface area (Å²) in [5.74, 6) is 0.731. The highest BCUT2D eigenvalue weighted by Crippen LogP contribution is 2.28. The smallest absolute Gasteiger partial charge is 0.330 e. The predicted molar refractivity (Wildman–Crippen MR) is 76.0 cm³/mol. The van der Waals surface area contributed by atoms with Gasteiger partial charge in [0.25, 0.3) is 0 Å². The first-order chi connectivity index (χ1) is 9.28. The van der Waals surface area contributed by atoms with E-state index >= 15 is 0 Å². The largest absolute Gasteiger partial charge is 0.463 e. The molecule has 1 saturated heterocycles. The van der Waals surface area contributed by atoms with Crippen molar-refractivity contribution in [1.82, 2.24) is 10.2 Å². The molecule has 4 heteroatoms. The number of hydrogen-bond donors (Lipinski definition) is 1. The van der Waals surface area contributed by atoms with Crippen LogP contribution in [-0.4, -0.2) is 49.7 Å². The maximum absolute atomic E-state index is 11.2. The summed E-state index contributed by atoms with van der Waals surface area (Å²) in [6.07, 6.45) is 8.74. The van der Waals surface area contributed by atoms with Crippen LogP contribution in [0.4, 0.5) is 0 Å². The molecule has 0 atom stereocenters. The third kappa shape index (κ3) is 5.74. The maximum Gasteiger partial charge on any atom is 0.330 e. The lowest BCUT2D eigenvalue weighted by Crippen LogP contribution is -2.43. The normalized spacial score (nSPS) is 21.9. The number of rotatable bonds is 7. The van der Waals surface area contributed by atoms with Crippen molar-refractivity contribution in [3.63, 3.8) is 0 Å². The molecule has 108 valence electrons. The van der Waals surface area contributed by atoms with Gasteiger partial charge in [0, 0.05) is 18.7 Å². The number of carbonyl (C=O) groups excluding carboxylic acids is 1. The van der Waals surface area contributed by atoms with Crippen LogP contribution in [0.15, 0.2) is 12.2 Å². The zero-order chi connectivity index (χ0) is 13.5. The second-order valence-electron chi connectivity index (χ2n) is 5.58. The van der Waals surface area contributed by atoms with Gasteiger partial charge in [0.2, 0.25) is 0 Å². The summed E-state index contributed by atoms with van der Waals surface area (Å²) in [4.78, 5) is 13.5. The van der Waals surface area contributed by atoms with Crippen LogP contribution in [0.1, 0.15) is 32.6 Å². The Morgan fingerprint density at radius 2 is 2.05 bits per heavy atom. The molecule has 2 fully saturated rings. The molecular formula is C15H26N2O2. The van der Waals surface area contributed by atoms with Gasteiger partial charge in [0.1, 0.15) is 0 Å². The maximum atomic E-state index is 11.2. The van der Waals surface area contributed by atoms with Crippen LogP contribution in [0.25, 0.3) is 0 Å². The van der Waals surface area contributed by atoms with Gasteiger partial charge in [-0.2, -0.15) is 0 Å². The van der Waals surface area contributed by atoms with E-state index in [0.29, 0.717) is 12.6 Å². The van der Waals surface area contributed by atoms with E-state index in [-0.39, 0.29) is 5.97 Å². The Morgan fingerprint density at radius 3 is 2.68 bits per heavy atom. The fraction of sp³-hybridized carbons (Fsp3) is 0.800. The lowest BCUT2D eigenvalue weighted by Gasteiger charge is -2.31. The van der Waals surface area contributed by atoms with Gasteiger partial charge >= 0.3 is 5.97 Å². The SMILES string of the molecule is CCOC(=O)/C=C/CN1CCC(NCC2CC2)CC1. The Bertz CT molecular complexity index is 305. The molecule has 0 spiro atoms. The van der Waals surface area contributed by atoms with Crippen LogP contribution in [0.5, 0.6) is 0 Å². The van der Waals surface area contributed by atoms with E-state index < -0.39 is 0 Å². The first-order valence-electron chi connectivity index (χ1n) is 7.57. The van der Waals surface area contributed by atoms with E-state index in [1.807, 2.05) is 13.0 Å². The Morgan fingerprint density at radius 1 is 1.32 bits per heavy atom. The quantitative estimate of drug-likeness (QED) is 0.561. The minimum absolute atomic E-state index is 0.233. The first kappa shape index (κ1) is 14.5. The Hall–Kier alpha value is -0.870. The molecule has 19 heavy (non-hydrogen) atoms. The zero-order valence-corrected chi connectivity index (χ0v) is 11.9. The molecular weight excluding hydrogens is 240 g/mol. The van der Waals surface area contributed by atoms with Crippen molar-refractivity contribution in [3.8, 4) is 0 Å². The van der Waals surface area contributed by atoms with Crippen molar-refractivity contribution < 1.29 is 9.53 Å². The summed E-state index contributed by atoms with van der Waals surface area (Å²) in [6.45, 7) is 6.58. The average molecular weight is 266 g/mol. The van der Waals surface area contributed by atoms with E-state index in [0.717, 1.165) is 25.6 Å². The highest BCUT2D eigenvalue weighted by atomic mass is 16.5. The van der Waals surface area contributed by atoms with Crippen LogP contribution in [0, 0.1) is 5.92 Å². The Kier molecular flexibility index (Phi) is 5.86. The number of nitrogens with zero attached hydrogens (tertiary/aromatic N) is 1. The molecule has 0 aromatic heterocycles. The van der Waals surface area contributed by atoms with Crippen LogP contribution in [0.2, 0.25) is 0 Å². The van der Waals surface area contributed by atoms with Gasteiger partial charge in [-0.25, -0.2) is 4.79 Å². The fourth-order valence-corrected chi connectivity index (χ4v) is 2.46. The number of piperidine rings is 1.